The smallest absolute Gasteiger partial charge is 0.244 e. The Bertz CT molecular complexity index is 978. The summed E-state index contributed by atoms with van der Waals surface area (Å²) in [5.74, 6) is -0.552. The molecular formula is C20H28N4O3S. The highest BCUT2D eigenvalue weighted by Gasteiger charge is 2.31. The van der Waals surface area contributed by atoms with E-state index in [1.54, 1.807) is 13.1 Å². The second-order valence-electron chi connectivity index (χ2n) is 7.43. The number of para-hydroxylation sites is 1. The van der Waals surface area contributed by atoms with Gasteiger partial charge < -0.3 is 4.57 Å². The summed E-state index contributed by atoms with van der Waals surface area (Å²) in [6.45, 7) is 6.57. The number of carbonyl (C=O) groups excluding carboxylic acids is 1. The van der Waals surface area contributed by atoms with E-state index >= 15 is 0 Å². The number of rotatable bonds is 6. The molecule has 1 aliphatic heterocycles. The van der Waals surface area contributed by atoms with E-state index in [1.807, 2.05) is 24.4 Å². The molecule has 2 heterocycles. The Morgan fingerprint density at radius 3 is 2.82 bits per heavy atom. The summed E-state index contributed by atoms with van der Waals surface area (Å²) in [5.41, 5.74) is 4.65. The first-order valence-corrected chi connectivity index (χ1v) is 11.3. The zero-order valence-corrected chi connectivity index (χ0v) is 17.4. The van der Waals surface area contributed by atoms with Crippen LogP contribution in [0, 0.1) is 5.92 Å². The van der Waals surface area contributed by atoms with E-state index in [4.69, 9.17) is 0 Å². The Morgan fingerprint density at radius 1 is 1.36 bits per heavy atom. The molecule has 7 nitrogen and oxygen atoms in total. The monoisotopic (exact) mass is 404 g/mol. The summed E-state index contributed by atoms with van der Waals surface area (Å²) in [6.07, 6.45) is 5.04. The lowest BCUT2D eigenvalue weighted by Gasteiger charge is -2.30. The minimum absolute atomic E-state index is 0.0550. The van der Waals surface area contributed by atoms with Crippen molar-refractivity contribution in [2.24, 2.45) is 11.0 Å². The maximum absolute atomic E-state index is 12.5. The molecule has 2 aromatic rings. The van der Waals surface area contributed by atoms with Crippen LogP contribution in [-0.4, -0.2) is 48.3 Å². The molecule has 3 rings (SSSR count). The van der Waals surface area contributed by atoms with Crippen molar-refractivity contribution in [1.29, 1.82) is 0 Å². The number of sulfonamides is 1. The number of amides is 1. The van der Waals surface area contributed by atoms with Crippen LogP contribution in [0.15, 0.2) is 35.6 Å². The van der Waals surface area contributed by atoms with Gasteiger partial charge in [0.05, 0.1) is 17.9 Å². The molecule has 1 aromatic heterocycles. The number of aromatic nitrogens is 1. The number of hydrazone groups is 1. The molecule has 152 valence electrons. The van der Waals surface area contributed by atoms with Gasteiger partial charge in [-0.05, 0) is 39.7 Å². The fourth-order valence-electron chi connectivity index (χ4n) is 3.61. The number of carbonyl (C=O) groups is 1. The van der Waals surface area contributed by atoms with Gasteiger partial charge in [0.1, 0.15) is 0 Å². The van der Waals surface area contributed by atoms with Crippen molar-refractivity contribution in [3.63, 3.8) is 0 Å². The van der Waals surface area contributed by atoms with Crippen LogP contribution < -0.4 is 5.43 Å². The molecule has 1 N–H and O–H groups in total. The van der Waals surface area contributed by atoms with Crippen molar-refractivity contribution in [1.82, 2.24) is 14.3 Å². The number of nitrogens with one attached hydrogen (secondary N) is 1. The third-order valence-electron chi connectivity index (χ3n) is 5.22. The Hall–Kier alpha value is -2.19. The van der Waals surface area contributed by atoms with Crippen molar-refractivity contribution in [3.8, 4) is 0 Å². The summed E-state index contributed by atoms with van der Waals surface area (Å²) >= 11 is 0. The molecule has 1 amide bonds. The first kappa shape index (κ1) is 20.5. The highest BCUT2D eigenvalue weighted by Crippen LogP contribution is 2.23. The molecule has 0 bridgehead atoms. The molecule has 8 heteroatoms. The molecule has 1 saturated heterocycles. The zero-order valence-electron chi connectivity index (χ0n) is 16.6. The van der Waals surface area contributed by atoms with Crippen molar-refractivity contribution in [2.45, 2.75) is 39.7 Å². The fourth-order valence-corrected chi connectivity index (χ4v) is 4.79. The van der Waals surface area contributed by atoms with Crippen LogP contribution >= 0.6 is 0 Å². The molecule has 0 unspecified atom stereocenters. The molecule has 1 aromatic carbocycles. The third kappa shape index (κ3) is 4.28. The number of nitrogens with zero attached hydrogens (tertiary/aromatic N) is 3. The van der Waals surface area contributed by atoms with Crippen LogP contribution in [0.25, 0.3) is 10.9 Å². The molecule has 0 aliphatic carbocycles. The standard InChI is InChI=1S/C20H28N4O3S/c1-4-28(26,27)23-11-7-8-16(13-23)20(25)22-21-12-17-14-24(15(2)3)19-10-6-5-9-18(17)19/h5-6,9-10,12,14-16H,4,7-8,11,13H2,1-3H3,(H,22,25)/b21-12-/t16-/m1/s1. The molecule has 1 aliphatic rings. The molecule has 0 radical (unpaired) electrons. The van der Waals surface area contributed by atoms with Crippen molar-refractivity contribution in [2.75, 3.05) is 18.8 Å². The number of benzene rings is 1. The van der Waals surface area contributed by atoms with Crippen molar-refractivity contribution < 1.29 is 13.2 Å². The average Bonchev–Trinajstić information content (AvgIpc) is 3.07. The normalized spacial score (nSPS) is 18.9. The zero-order chi connectivity index (χ0) is 20.3. The maximum Gasteiger partial charge on any atom is 0.244 e. The van der Waals surface area contributed by atoms with E-state index in [0.29, 0.717) is 25.4 Å². The van der Waals surface area contributed by atoms with Gasteiger partial charge >= 0.3 is 0 Å². The molecule has 28 heavy (non-hydrogen) atoms. The van der Waals surface area contributed by atoms with Gasteiger partial charge in [-0.25, -0.2) is 18.1 Å². The number of fused-ring (bicyclic) bond motifs is 1. The van der Waals surface area contributed by atoms with E-state index < -0.39 is 10.0 Å². The third-order valence-corrected chi connectivity index (χ3v) is 7.07. The van der Waals surface area contributed by atoms with Crippen LogP contribution in [0.1, 0.15) is 45.2 Å². The summed E-state index contributed by atoms with van der Waals surface area (Å²) in [6, 6.07) is 8.40. The van der Waals surface area contributed by atoms with E-state index in [1.165, 1.54) is 4.31 Å². The van der Waals surface area contributed by atoms with Crippen LogP contribution in [0.4, 0.5) is 0 Å². The minimum atomic E-state index is -3.27. The quantitative estimate of drug-likeness (QED) is 0.593. The maximum atomic E-state index is 12.5. The highest BCUT2D eigenvalue weighted by atomic mass is 32.2. The van der Waals surface area contributed by atoms with Gasteiger partial charge in [0, 0.05) is 41.8 Å². The summed E-state index contributed by atoms with van der Waals surface area (Å²) in [7, 11) is -3.27. The van der Waals surface area contributed by atoms with E-state index in [0.717, 1.165) is 16.5 Å². The lowest BCUT2D eigenvalue weighted by atomic mass is 9.99. The number of piperidine rings is 1. The first-order valence-electron chi connectivity index (χ1n) is 9.73. The van der Waals surface area contributed by atoms with E-state index in [-0.39, 0.29) is 24.1 Å². The van der Waals surface area contributed by atoms with Crippen LogP contribution in [-0.2, 0) is 14.8 Å². The molecule has 1 fully saturated rings. The predicted molar refractivity (Wildman–Crippen MR) is 112 cm³/mol. The minimum Gasteiger partial charge on any atom is -0.344 e. The first-order chi connectivity index (χ1) is 13.3. The highest BCUT2D eigenvalue weighted by molar-refractivity contribution is 7.89. The lowest BCUT2D eigenvalue weighted by molar-refractivity contribution is -0.126. The van der Waals surface area contributed by atoms with E-state index in [2.05, 4.69) is 35.0 Å². The van der Waals surface area contributed by atoms with Crippen LogP contribution in [0.5, 0.6) is 0 Å². The Balaban J connectivity index is 1.70. The Labute approximate surface area is 166 Å². The largest absolute Gasteiger partial charge is 0.344 e. The summed E-state index contributed by atoms with van der Waals surface area (Å²) in [4.78, 5) is 12.5. The van der Waals surface area contributed by atoms with Gasteiger partial charge in [-0.15, -0.1) is 0 Å². The predicted octanol–water partition coefficient (Wildman–Crippen LogP) is 2.73. The Kier molecular flexibility index (Phi) is 6.20. The van der Waals surface area contributed by atoms with Gasteiger partial charge in [-0.3, -0.25) is 4.79 Å². The van der Waals surface area contributed by atoms with Gasteiger partial charge in [0.2, 0.25) is 15.9 Å². The second-order valence-corrected chi connectivity index (χ2v) is 9.69. The molecular weight excluding hydrogens is 376 g/mol. The van der Waals surface area contributed by atoms with Gasteiger partial charge in [0.15, 0.2) is 0 Å². The van der Waals surface area contributed by atoms with Gasteiger partial charge in [0.25, 0.3) is 0 Å². The van der Waals surface area contributed by atoms with Gasteiger partial charge in [-0.1, -0.05) is 18.2 Å². The van der Waals surface area contributed by atoms with Crippen molar-refractivity contribution in [3.05, 3.63) is 36.0 Å². The molecule has 0 saturated carbocycles. The van der Waals surface area contributed by atoms with Crippen molar-refractivity contribution >= 4 is 33.0 Å². The topological polar surface area (TPSA) is 83.8 Å². The average molecular weight is 405 g/mol. The molecule has 0 spiro atoms. The number of hydrogen-bond donors (Lipinski definition) is 1. The second kappa shape index (κ2) is 8.45. The van der Waals surface area contributed by atoms with Crippen LogP contribution in [0.2, 0.25) is 0 Å². The van der Waals surface area contributed by atoms with E-state index in [9.17, 15) is 13.2 Å². The fraction of sp³-hybridized carbons (Fsp3) is 0.500. The molecule has 1 atom stereocenters. The van der Waals surface area contributed by atoms with Gasteiger partial charge in [-0.2, -0.15) is 5.10 Å². The lowest BCUT2D eigenvalue weighted by Crippen LogP contribution is -2.45. The summed E-state index contributed by atoms with van der Waals surface area (Å²) in [5, 5.41) is 5.22. The SMILES string of the molecule is CCS(=O)(=O)N1CCC[C@@H](C(=O)N/N=C\c2cn(C(C)C)c3ccccc23)C1. The number of hydrogen-bond acceptors (Lipinski definition) is 4. The Morgan fingerprint density at radius 2 is 2.11 bits per heavy atom. The summed E-state index contributed by atoms with van der Waals surface area (Å²) < 4.78 is 27.7. The van der Waals surface area contributed by atoms with Crippen LogP contribution in [0.3, 0.4) is 0 Å².